The number of hydrogen-bond donors (Lipinski definition) is 1. The van der Waals surface area contributed by atoms with Gasteiger partial charge in [-0.1, -0.05) is 48.0 Å². The van der Waals surface area contributed by atoms with E-state index >= 15 is 0 Å². The van der Waals surface area contributed by atoms with Crippen molar-refractivity contribution in [2.24, 2.45) is 5.73 Å². The van der Waals surface area contributed by atoms with Crippen molar-refractivity contribution < 1.29 is 0 Å². The molecule has 19 heavy (non-hydrogen) atoms. The second-order valence-corrected chi connectivity index (χ2v) is 6.09. The molecule has 2 aromatic rings. The molecule has 0 aliphatic rings. The van der Waals surface area contributed by atoms with E-state index < -0.39 is 0 Å². The van der Waals surface area contributed by atoms with Gasteiger partial charge in [-0.05, 0) is 37.5 Å². The zero-order chi connectivity index (χ0) is 13.7. The van der Waals surface area contributed by atoms with Crippen molar-refractivity contribution >= 4 is 11.8 Å². The van der Waals surface area contributed by atoms with Gasteiger partial charge < -0.3 is 5.73 Å². The maximum absolute atomic E-state index is 6.23. The van der Waals surface area contributed by atoms with Crippen LogP contribution in [0.25, 0.3) is 0 Å². The highest BCUT2D eigenvalue weighted by atomic mass is 32.2. The van der Waals surface area contributed by atoms with Gasteiger partial charge >= 0.3 is 0 Å². The number of rotatable bonds is 5. The van der Waals surface area contributed by atoms with Gasteiger partial charge in [-0.3, -0.25) is 0 Å². The molecule has 0 saturated heterocycles. The van der Waals surface area contributed by atoms with Crippen LogP contribution in [0.4, 0.5) is 0 Å². The fourth-order valence-electron chi connectivity index (χ4n) is 2.12. The Bertz CT molecular complexity index is 536. The van der Waals surface area contributed by atoms with E-state index in [0.717, 1.165) is 12.2 Å². The van der Waals surface area contributed by atoms with Gasteiger partial charge in [0.25, 0.3) is 0 Å². The maximum atomic E-state index is 6.23. The van der Waals surface area contributed by atoms with Gasteiger partial charge in [0.15, 0.2) is 0 Å². The quantitative estimate of drug-likeness (QED) is 0.833. The predicted molar refractivity (Wildman–Crippen MR) is 84.8 cm³/mol. The highest BCUT2D eigenvalue weighted by Gasteiger charge is 2.06. The lowest BCUT2D eigenvalue weighted by Gasteiger charge is -2.12. The molecule has 1 nitrogen and oxygen atoms in total. The Balaban J connectivity index is 1.88. The summed E-state index contributed by atoms with van der Waals surface area (Å²) < 4.78 is 0. The minimum Gasteiger partial charge on any atom is -0.327 e. The summed E-state index contributed by atoms with van der Waals surface area (Å²) in [6.07, 6.45) is 0.945. The van der Waals surface area contributed by atoms with Crippen LogP contribution in [0.5, 0.6) is 0 Å². The largest absolute Gasteiger partial charge is 0.327 e. The van der Waals surface area contributed by atoms with Gasteiger partial charge in [0.1, 0.15) is 0 Å². The summed E-state index contributed by atoms with van der Waals surface area (Å²) >= 11 is 1.85. The molecule has 2 aromatic carbocycles. The summed E-state index contributed by atoms with van der Waals surface area (Å²) in [7, 11) is 0. The first-order valence-electron chi connectivity index (χ1n) is 6.64. The molecule has 0 aromatic heterocycles. The summed E-state index contributed by atoms with van der Waals surface area (Å²) in [5.41, 5.74) is 10.2. The minimum absolute atomic E-state index is 0.200. The first-order chi connectivity index (χ1) is 9.15. The van der Waals surface area contributed by atoms with Gasteiger partial charge in [-0.25, -0.2) is 0 Å². The average Bonchev–Trinajstić information content (AvgIpc) is 2.38. The molecule has 0 aliphatic heterocycles. The Morgan fingerprint density at radius 2 is 1.84 bits per heavy atom. The van der Waals surface area contributed by atoms with Crippen LogP contribution in [0, 0.1) is 13.8 Å². The van der Waals surface area contributed by atoms with Gasteiger partial charge in [0.2, 0.25) is 0 Å². The van der Waals surface area contributed by atoms with Crippen molar-refractivity contribution in [2.75, 3.05) is 5.75 Å². The smallest absolute Gasteiger partial charge is 0.0174 e. The van der Waals surface area contributed by atoms with Crippen LogP contribution >= 0.6 is 11.8 Å². The van der Waals surface area contributed by atoms with Crippen molar-refractivity contribution in [1.82, 2.24) is 0 Å². The average molecular weight is 271 g/mol. The first kappa shape index (κ1) is 14.2. The van der Waals surface area contributed by atoms with Crippen molar-refractivity contribution in [1.29, 1.82) is 0 Å². The van der Waals surface area contributed by atoms with Gasteiger partial charge in [-0.15, -0.1) is 11.8 Å². The van der Waals surface area contributed by atoms with E-state index in [-0.39, 0.29) is 6.04 Å². The fourth-order valence-corrected chi connectivity index (χ4v) is 3.10. The molecule has 2 N–H and O–H groups in total. The summed E-state index contributed by atoms with van der Waals surface area (Å²) in [4.78, 5) is 1.34. The topological polar surface area (TPSA) is 26.0 Å². The zero-order valence-corrected chi connectivity index (χ0v) is 12.4. The van der Waals surface area contributed by atoms with E-state index in [1.807, 2.05) is 11.8 Å². The molecule has 0 radical (unpaired) electrons. The molecule has 0 heterocycles. The molecule has 2 heteroatoms. The first-order valence-corrected chi connectivity index (χ1v) is 7.63. The Kier molecular flexibility index (Phi) is 5.06. The second kappa shape index (κ2) is 6.78. The van der Waals surface area contributed by atoms with Crippen molar-refractivity contribution in [2.45, 2.75) is 31.2 Å². The Labute approximate surface area is 120 Å². The zero-order valence-electron chi connectivity index (χ0n) is 11.6. The lowest BCUT2D eigenvalue weighted by molar-refractivity contribution is 0.748. The minimum atomic E-state index is 0.200. The van der Waals surface area contributed by atoms with E-state index in [9.17, 15) is 0 Å². The van der Waals surface area contributed by atoms with E-state index in [0.29, 0.717) is 0 Å². The molecule has 0 fully saturated rings. The fraction of sp³-hybridized carbons (Fsp3) is 0.294. The number of nitrogens with two attached hydrogens (primary N) is 1. The van der Waals surface area contributed by atoms with Crippen LogP contribution in [-0.4, -0.2) is 11.8 Å². The van der Waals surface area contributed by atoms with Gasteiger partial charge in [-0.2, -0.15) is 0 Å². The summed E-state index contributed by atoms with van der Waals surface area (Å²) in [5.74, 6) is 0.957. The summed E-state index contributed by atoms with van der Waals surface area (Å²) in [6, 6.07) is 17.3. The highest BCUT2D eigenvalue weighted by Crippen LogP contribution is 2.22. The van der Waals surface area contributed by atoms with E-state index in [1.54, 1.807) is 0 Å². The van der Waals surface area contributed by atoms with Crippen LogP contribution in [0.1, 0.15) is 16.7 Å². The van der Waals surface area contributed by atoms with Crippen LogP contribution in [0.15, 0.2) is 53.4 Å². The monoisotopic (exact) mass is 271 g/mol. The predicted octanol–water partition coefficient (Wildman–Crippen LogP) is 3.97. The standard InChI is InChI=1S/C17H21NS/c1-13-6-5-8-15(10-13)11-16(18)12-19-17-9-4-3-7-14(17)2/h3-10,16H,11-12,18H2,1-2H3. The third kappa shape index (κ3) is 4.41. The van der Waals surface area contributed by atoms with Gasteiger partial charge in [0.05, 0.1) is 0 Å². The van der Waals surface area contributed by atoms with Crippen molar-refractivity contribution in [3.05, 3.63) is 65.2 Å². The van der Waals surface area contributed by atoms with E-state index in [4.69, 9.17) is 5.73 Å². The van der Waals surface area contributed by atoms with Crippen LogP contribution in [0.3, 0.4) is 0 Å². The normalized spacial score (nSPS) is 12.4. The molecule has 0 spiro atoms. The Morgan fingerprint density at radius 1 is 1.05 bits per heavy atom. The summed E-state index contributed by atoms with van der Waals surface area (Å²) in [5, 5.41) is 0. The molecule has 1 atom stereocenters. The molecule has 2 rings (SSSR count). The maximum Gasteiger partial charge on any atom is 0.0174 e. The molecule has 0 amide bonds. The highest BCUT2D eigenvalue weighted by molar-refractivity contribution is 7.99. The third-order valence-electron chi connectivity index (χ3n) is 3.13. The number of hydrogen-bond acceptors (Lipinski definition) is 2. The molecule has 1 unspecified atom stereocenters. The van der Waals surface area contributed by atoms with E-state index in [1.165, 1.54) is 21.6 Å². The molecule has 0 saturated carbocycles. The Morgan fingerprint density at radius 3 is 2.58 bits per heavy atom. The lowest BCUT2D eigenvalue weighted by atomic mass is 10.1. The molecule has 0 aliphatic carbocycles. The van der Waals surface area contributed by atoms with Crippen LogP contribution in [-0.2, 0) is 6.42 Å². The van der Waals surface area contributed by atoms with Crippen molar-refractivity contribution in [3.63, 3.8) is 0 Å². The molecular weight excluding hydrogens is 250 g/mol. The molecular formula is C17H21NS. The van der Waals surface area contributed by atoms with E-state index in [2.05, 4.69) is 62.4 Å². The number of thioether (sulfide) groups is 1. The number of aryl methyl sites for hydroxylation is 2. The second-order valence-electron chi connectivity index (χ2n) is 5.03. The molecule has 100 valence electrons. The SMILES string of the molecule is Cc1cccc(CC(N)CSc2ccccc2C)c1. The molecule has 0 bridgehead atoms. The van der Waals surface area contributed by atoms with Gasteiger partial charge in [0, 0.05) is 16.7 Å². The lowest BCUT2D eigenvalue weighted by Crippen LogP contribution is -2.25. The number of benzene rings is 2. The summed E-state index contributed by atoms with van der Waals surface area (Å²) in [6.45, 7) is 4.27. The van der Waals surface area contributed by atoms with Crippen LogP contribution in [0.2, 0.25) is 0 Å². The Hall–Kier alpha value is -1.25. The van der Waals surface area contributed by atoms with Crippen molar-refractivity contribution in [3.8, 4) is 0 Å². The van der Waals surface area contributed by atoms with Crippen LogP contribution < -0.4 is 5.73 Å². The third-order valence-corrected chi connectivity index (χ3v) is 4.49.